The van der Waals surface area contributed by atoms with Gasteiger partial charge in [-0.3, -0.25) is 4.79 Å². The molecule has 0 aromatic carbocycles. The van der Waals surface area contributed by atoms with Gasteiger partial charge in [-0.1, -0.05) is 0 Å². The quantitative estimate of drug-likeness (QED) is 0.834. The highest BCUT2D eigenvalue weighted by Crippen LogP contribution is 2.25. The number of likely N-dealkylation sites (N-methyl/N-ethyl adjacent to an activating group) is 1. The van der Waals surface area contributed by atoms with Gasteiger partial charge in [0.05, 0.1) is 12.5 Å². The van der Waals surface area contributed by atoms with Crippen molar-refractivity contribution in [1.29, 1.82) is 0 Å². The number of carboxylic acids is 1. The molecule has 2 heterocycles. The lowest BCUT2D eigenvalue weighted by atomic mass is 9.95. The third kappa shape index (κ3) is 3.71. The second-order valence-electron chi connectivity index (χ2n) is 5.15. The maximum absolute atomic E-state index is 10.7. The first-order valence-electron chi connectivity index (χ1n) is 6.55. The lowest BCUT2D eigenvalue weighted by Crippen LogP contribution is -2.31. The van der Waals surface area contributed by atoms with Gasteiger partial charge in [-0.25, -0.2) is 9.97 Å². The van der Waals surface area contributed by atoms with Crippen molar-refractivity contribution in [2.24, 2.45) is 5.73 Å². The minimum absolute atomic E-state index is 0.145. The molecule has 3 N–H and O–H groups in total. The van der Waals surface area contributed by atoms with E-state index in [9.17, 15) is 4.79 Å². The summed E-state index contributed by atoms with van der Waals surface area (Å²) < 4.78 is 0. The molecule has 2 unspecified atom stereocenters. The van der Waals surface area contributed by atoms with Crippen LogP contribution in [0.4, 0.5) is 0 Å². The summed E-state index contributed by atoms with van der Waals surface area (Å²) in [5.41, 5.74) is 6.78. The Morgan fingerprint density at radius 3 is 3.16 bits per heavy atom. The number of carboxylic acid groups (broad SMARTS) is 1. The Morgan fingerprint density at radius 1 is 1.68 bits per heavy atom. The molecule has 19 heavy (non-hydrogen) atoms. The molecule has 1 aliphatic heterocycles. The standard InChI is InChI=1S/C13H20N4O2/c1-17-6-2-3-9(8-17)11-4-5-15-13(16-11)10(14)7-12(18)19/h4-5,9-10H,2-3,6-8,14H2,1H3,(H,18,19). The Balaban J connectivity index is 2.12. The SMILES string of the molecule is CN1CCCC(c2ccnc(C(N)CC(=O)O)n2)C1. The average molecular weight is 264 g/mol. The normalized spacial score (nSPS) is 22.1. The van der Waals surface area contributed by atoms with E-state index in [0.717, 1.165) is 31.6 Å². The molecule has 0 amide bonds. The highest BCUT2D eigenvalue weighted by Gasteiger charge is 2.21. The summed E-state index contributed by atoms with van der Waals surface area (Å²) >= 11 is 0. The smallest absolute Gasteiger partial charge is 0.305 e. The molecule has 1 aromatic heterocycles. The molecule has 0 saturated carbocycles. The zero-order chi connectivity index (χ0) is 13.8. The molecule has 0 bridgehead atoms. The summed E-state index contributed by atoms with van der Waals surface area (Å²) in [7, 11) is 2.10. The zero-order valence-electron chi connectivity index (χ0n) is 11.1. The largest absolute Gasteiger partial charge is 0.481 e. The van der Waals surface area contributed by atoms with Crippen molar-refractivity contribution >= 4 is 5.97 Å². The predicted octanol–water partition coefficient (Wildman–Crippen LogP) is 0.760. The molecule has 6 nitrogen and oxygen atoms in total. The van der Waals surface area contributed by atoms with Crippen LogP contribution in [0, 0.1) is 0 Å². The minimum Gasteiger partial charge on any atom is -0.481 e. The lowest BCUT2D eigenvalue weighted by Gasteiger charge is -2.29. The number of likely N-dealkylation sites (tertiary alicyclic amines) is 1. The molecule has 2 rings (SSSR count). The third-order valence-electron chi connectivity index (χ3n) is 3.46. The maximum atomic E-state index is 10.7. The van der Waals surface area contributed by atoms with Crippen LogP contribution in [0.3, 0.4) is 0 Å². The fourth-order valence-electron chi connectivity index (χ4n) is 2.48. The Morgan fingerprint density at radius 2 is 2.47 bits per heavy atom. The molecule has 0 spiro atoms. The Hall–Kier alpha value is -1.53. The van der Waals surface area contributed by atoms with Crippen LogP contribution in [0.5, 0.6) is 0 Å². The fourth-order valence-corrected chi connectivity index (χ4v) is 2.48. The second kappa shape index (κ2) is 6.08. The van der Waals surface area contributed by atoms with Crippen molar-refractivity contribution in [3.05, 3.63) is 23.8 Å². The van der Waals surface area contributed by atoms with E-state index in [1.54, 1.807) is 6.20 Å². The monoisotopic (exact) mass is 264 g/mol. The molecule has 1 saturated heterocycles. The van der Waals surface area contributed by atoms with Crippen LogP contribution in [-0.4, -0.2) is 46.1 Å². The number of carbonyl (C=O) groups is 1. The van der Waals surface area contributed by atoms with Gasteiger partial charge < -0.3 is 15.7 Å². The third-order valence-corrected chi connectivity index (χ3v) is 3.46. The molecular formula is C13H20N4O2. The van der Waals surface area contributed by atoms with E-state index in [4.69, 9.17) is 10.8 Å². The van der Waals surface area contributed by atoms with E-state index in [2.05, 4.69) is 21.9 Å². The highest BCUT2D eigenvalue weighted by molar-refractivity contribution is 5.67. The van der Waals surface area contributed by atoms with Crippen LogP contribution < -0.4 is 5.73 Å². The van der Waals surface area contributed by atoms with Crippen LogP contribution >= 0.6 is 0 Å². The fraction of sp³-hybridized carbons (Fsp3) is 0.615. The number of aliphatic carboxylic acids is 1. The van der Waals surface area contributed by atoms with E-state index >= 15 is 0 Å². The summed E-state index contributed by atoms with van der Waals surface area (Å²) in [5.74, 6) is -0.121. The minimum atomic E-state index is -0.932. The van der Waals surface area contributed by atoms with E-state index in [1.165, 1.54) is 0 Å². The van der Waals surface area contributed by atoms with Crippen LogP contribution in [0.15, 0.2) is 12.3 Å². The Bertz CT molecular complexity index is 452. The predicted molar refractivity (Wildman–Crippen MR) is 70.7 cm³/mol. The summed E-state index contributed by atoms with van der Waals surface area (Å²) in [6.07, 6.45) is 3.79. The van der Waals surface area contributed by atoms with Gasteiger partial charge in [0, 0.05) is 24.4 Å². The molecule has 1 aromatic rings. The van der Waals surface area contributed by atoms with E-state index in [1.807, 2.05) is 6.07 Å². The lowest BCUT2D eigenvalue weighted by molar-refractivity contribution is -0.137. The van der Waals surface area contributed by atoms with Crippen molar-refractivity contribution in [1.82, 2.24) is 14.9 Å². The van der Waals surface area contributed by atoms with Gasteiger partial charge in [0.2, 0.25) is 0 Å². The van der Waals surface area contributed by atoms with Crippen LogP contribution in [0.25, 0.3) is 0 Å². The molecule has 104 valence electrons. The highest BCUT2D eigenvalue weighted by atomic mass is 16.4. The van der Waals surface area contributed by atoms with Crippen molar-refractivity contribution in [3.8, 4) is 0 Å². The zero-order valence-corrected chi connectivity index (χ0v) is 11.1. The average Bonchev–Trinajstić information content (AvgIpc) is 2.38. The number of nitrogens with zero attached hydrogens (tertiary/aromatic N) is 3. The van der Waals surface area contributed by atoms with Gasteiger partial charge in [0.25, 0.3) is 0 Å². The van der Waals surface area contributed by atoms with Gasteiger partial charge in [0.15, 0.2) is 0 Å². The van der Waals surface area contributed by atoms with Crippen molar-refractivity contribution < 1.29 is 9.90 Å². The van der Waals surface area contributed by atoms with Crippen LogP contribution in [0.1, 0.15) is 42.7 Å². The van der Waals surface area contributed by atoms with Crippen LogP contribution in [-0.2, 0) is 4.79 Å². The number of hydrogen-bond acceptors (Lipinski definition) is 5. The molecule has 2 atom stereocenters. The molecule has 1 fully saturated rings. The maximum Gasteiger partial charge on any atom is 0.305 e. The first kappa shape index (κ1) is 13.9. The van der Waals surface area contributed by atoms with Gasteiger partial charge in [-0.15, -0.1) is 0 Å². The van der Waals surface area contributed by atoms with Crippen molar-refractivity contribution in [3.63, 3.8) is 0 Å². The molecule has 1 aliphatic rings. The van der Waals surface area contributed by atoms with Gasteiger partial charge in [-0.2, -0.15) is 0 Å². The summed E-state index contributed by atoms with van der Waals surface area (Å²) in [6.45, 7) is 2.09. The first-order chi connectivity index (χ1) is 9.06. The number of aromatic nitrogens is 2. The molecule has 0 radical (unpaired) electrons. The Labute approximate surface area is 112 Å². The summed E-state index contributed by atoms with van der Waals surface area (Å²) in [4.78, 5) is 21.5. The van der Waals surface area contributed by atoms with Crippen LogP contribution in [0.2, 0.25) is 0 Å². The van der Waals surface area contributed by atoms with E-state index in [0.29, 0.717) is 11.7 Å². The number of hydrogen-bond donors (Lipinski definition) is 2. The van der Waals surface area contributed by atoms with E-state index in [-0.39, 0.29) is 6.42 Å². The molecule has 0 aliphatic carbocycles. The second-order valence-corrected chi connectivity index (χ2v) is 5.15. The summed E-state index contributed by atoms with van der Waals surface area (Å²) in [5, 5.41) is 8.76. The number of piperidine rings is 1. The van der Waals surface area contributed by atoms with E-state index < -0.39 is 12.0 Å². The molecule has 6 heteroatoms. The number of rotatable bonds is 4. The van der Waals surface area contributed by atoms with Gasteiger partial charge in [0.1, 0.15) is 5.82 Å². The van der Waals surface area contributed by atoms with Crippen molar-refractivity contribution in [2.75, 3.05) is 20.1 Å². The first-order valence-corrected chi connectivity index (χ1v) is 6.55. The van der Waals surface area contributed by atoms with Crippen molar-refractivity contribution in [2.45, 2.75) is 31.2 Å². The topological polar surface area (TPSA) is 92.3 Å². The van der Waals surface area contributed by atoms with Gasteiger partial charge >= 0.3 is 5.97 Å². The molecular weight excluding hydrogens is 244 g/mol. The Kier molecular flexibility index (Phi) is 4.44. The van der Waals surface area contributed by atoms with Gasteiger partial charge in [-0.05, 0) is 32.5 Å². The summed E-state index contributed by atoms with van der Waals surface area (Å²) in [6, 6.07) is 1.26. The number of nitrogens with two attached hydrogens (primary N) is 1.